The van der Waals surface area contributed by atoms with E-state index in [-0.39, 0.29) is 34.3 Å². The summed E-state index contributed by atoms with van der Waals surface area (Å²) in [5.41, 5.74) is 4.76. The van der Waals surface area contributed by atoms with Crippen LogP contribution in [0.2, 0.25) is 0 Å². The molecule has 9 nitrogen and oxygen atoms in total. The average Bonchev–Trinajstić information content (AvgIpc) is 2.71. The minimum Gasteiger partial charge on any atom is -0.366 e. The molecule has 0 spiro atoms. The van der Waals surface area contributed by atoms with Gasteiger partial charge in [0.2, 0.25) is 0 Å². The number of hydrogen-bond acceptors (Lipinski definition) is 5. The van der Waals surface area contributed by atoms with E-state index in [0.29, 0.717) is 5.69 Å². The number of pyridine rings is 2. The Balaban J connectivity index is 2.08. The molecule has 144 valence electrons. The minimum absolute atomic E-state index is 0.106. The molecule has 0 bridgehead atoms. The van der Waals surface area contributed by atoms with Gasteiger partial charge in [-0.15, -0.1) is 0 Å². The maximum Gasteiger partial charge on any atom is 0.337 e. The summed E-state index contributed by atoms with van der Waals surface area (Å²) >= 11 is 0. The molecule has 0 fully saturated rings. The number of H-pyrrole nitrogens is 1. The lowest BCUT2D eigenvalue weighted by Crippen LogP contribution is -2.40. The number of primary amides is 1. The Labute approximate surface area is 162 Å². The summed E-state index contributed by atoms with van der Waals surface area (Å²) in [6.45, 7) is -0.155. The highest BCUT2D eigenvalue weighted by Gasteiger charge is 2.19. The number of rotatable bonds is 4. The summed E-state index contributed by atoms with van der Waals surface area (Å²) in [6, 6.07) is 12.1. The molecule has 0 aliphatic rings. The first-order valence-corrected chi connectivity index (χ1v) is 8.65. The summed E-state index contributed by atoms with van der Waals surface area (Å²) in [5, 5.41) is 0.185. The largest absolute Gasteiger partial charge is 0.366 e. The summed E-state index contributed by atoms with van der Waals surface area (Å²) in [6.07, 6.45) is 2.88. The van der Waals surface area contributed by atoms with Gasteiger partial charge in [0.1, 0.15) is 0 Å². The molecule has 9 heteroatoms. The van der Waals surface area contributed by atoms with Gasteiger partial charge in [0.25, 0.3) is 11.5 Å². The summed E-state index contributed by atoms with van der Waals surface area (Å²) in [7, 11) is 0. The van der Waals surface area contributed by atoms with E-state index < -0.39 is 17.2 Å². The Morgan fingerprint density at radius 2 is 1.86 bits per heavy atom. The zero-order valence-electron chi connectivity index (χ0n) is 15.0. The van der Waals surface area contributed by atoms with Gasteiger partial charge in [-0.1, -0.05) is 12.1 Å². The molecule has 0 aliphatic heterocycles. The molecule has 0 saturated carbocycles. The van der Waals surface area contributed by atoms with Crippen molar-refractivity contribution in [3.05, 3.63) is 103 Å². The molecule has 3 N–H and O–H groups in total. The molecule has 0 atom stereocenters. The zero-order chi connectivity index (χ0) is 20.5. The van der Waals surface area contributed by atoms with Crippen LogP contribution in [0.4, 0.5) is 0 Å². The van der Waals surface area contributed by atoms with Gasteiger partial charge in [0.05, 0.1) is 23.2 Å². The lowest BCUT2D eigenvalue weighted by atomic mass is 10.1. The van der Waals surface area contributed by atoms with Crippen LogP contribution in [0.15, 0.2) is 75.3 Å². The van der Waals surface area contributed by atoms with Crippen LogP contribution in [-0.2, 0) is 6.54 Å². The molecule has 3 aromatic heterocycles. The van der Waals surface area contributed by atoms with E-state index in [1.807, 2.05) is 0 Å². The van der Waals surface area contributed by atoms with Gasteiger partial charge in [0.15, 0.2) is 11.1 Å². The van der Waals surface area contributed by atoms with Crippen LogP contribution in [0, 0.1) is 0 Å². The van der Waals surface area contributed by atoms with Crippen molar-refractivity contribution in [1.29, 1.82) is 0 Å². The molecule has 4 rings (SSSR count). The predicted octanol–water partition coefficient (Wildman–Crippen LogP) is 0.383. The maximum absolute atomic E-state index is 13.3. The number of hydrogen-bond donors (Lipinski definition) is 2. The zero-order valence-corrected chi connectivity index (χ0v) is 15.0. The van der Waals surface area contributed by atoms with Crippen molar-refractivity contribution in [2.75, 3.05) is 0 Å². The van der Waals surface area contributed by atoms with E-state index in [9.17, 15) is 19.2 Å². The van der Waals surface area contributed by atoms with Crippen LogP contribution in [0.3, 0.4) is 0 Å². The van der Waals surface area contributed by atoms with E-state index in [1.54, 1.807) is 24.3 Å². The van der Waals surface area contributed by atoms with Crippen molar-refractivity contribution in [1.82, 2.24) is 19.1 Å². The molecular weight excluding hydrogens is 374 g/mol. The molecule has 4 aromatic rings. The number of nitrogens with two attached hydrogens (primary N) is 1. The van der Waals surface area contributed by atoms with Crippen LogP contribution >= 0.6 is 0 Å². The second kappa shape index (κ2) is 7.04. The lowest BCUT2D eigenvalue weighted by Gasteiger charge is -2.15. The highest BCUT2D eigenvalue weighted by Crippen LogP contribution is 2.16. The molecule has 0 aliphatic carbocycles. The topological polar surface area (TPSA) is 133 Å². The molecule has 0 saturated heterocycles. The summed E-state index contributed by atoms with van der Waals surface area (Å²) in [5.74, 6) is -0.721. The van der Waals surface area contributed by atoms with Crippen molar-refractivity contribution >= 4 is 16.9 Å². The van der Waals surface area contributed by atoms with Gasteiger partial charge in [-0.2, -0.15) is 0 Å². The van der Waals surface area contributed by atoms with Crippen molar-refractivity contribution in [2.24, 2.45) is 5.73 Å². The number of nitrogens with one attached hydrogen (secondary N) is 1. The first kappa shape index (κ1) is 18.1. The first-order chi connectivity index (χ1) is 14.0. The SMILES string of the molecule is NC(=O)c1ccccc1-n1c(=O)n(Cc2cc(=O)cc[nH]2)c(=O)c2cccnc21. The van der Waals surface area contributed by atoms with Crippen molar-refractivity contribution in [3.8, 4) is 5.69 Å². The van der Waals surface area contributed by atoms with Gasteiger partial charge >= 0.3 is 5.69 Å². The Hall–Kier alpha value is -4.27. The van der Waals surface area contributed by atoms with E-state index in [0.717, 1.165) is 4.57 Å². The van der Waals surface area contributed by atoms with Gasteiger partial charge < -0.3 is 10.7 Å². The maximum atomic E-state index is 13.3. The second-order valence-electron chi connectivity index (χ2n) is 6.31. The minimum atomic E-state index is -0.721. The van der Waals surface area contributed by atoms with E-state index in [4.69, 9.17) is 5.73 Å². The first-order valence-electron chi connectivity index (χ1n) is 8.65. The molecular formula is C20H15N5O4. The van der Waals surface area contributed by atoms with E-state index in [2.05, 4.69) is 9.97 Å². The third-order valence-corrected chi connectivity index (χ3v) is 4.47. The number of carbonyl (C=O) groups is 1. The van der Waals surface area contributed by atoms with Gasteiger partial charge in [-0.05, 0) is 24.3 Å². The number of fused-ring (bicyclic) bond motifs is 1. The fourth-order valence-electron chi connectivity index (χ4n) is 3.17. The molecule has 0 unspecified atom stereocenters. The Kier molecular flexibility index (Phi) is 4.40. The average molecular weight is 389 g/mol. The number of nitrogens with zero attached hydrogens (tertiary/aromatic N) is 3. The number of para-hydroxylation sites is 1. The monoisotopic (exact) mass is 389 g/mol. The number of carbonyl (C=O) groups excluding carboxylic acids is 1. The highest BCUT2D eigenvalue weighted by molar-refractivity contribution is 5.97. The van der Waals surface area contributed by atoms with Crippen LogP contribution in [-0.4, -0.2) is 25.0 Å². The second-order valence-corrected chi connectivity index (χ2v) is 6.31. The molecule has 1 aromatic carbocycles. The molecule has 29 heavy (non-hydrogen) atoms. The van der Waals surface area contributed by atoms with Gasteiger partial charge in [-0.3, -0.25) is 19.0 Å². The van der Waals surface area contributed by atoms with Gasteiger partial charge in [-0.25, -0.2) is 14.3 Å². The van der Waals surface area contributed by atoms with Gasteiger partial charge in [0, 0.05) is 30.2 Å². The third kappa shape index (κ3) is 3.14. The summed E-state index contributed by atoms with van der Waals surface area (Å²) in [4.78, 5) is 56.8. The van der Waals surface area contributed by atoms with Crippen molar-refractivity contribution < 1.29 is 4.79 Å². The Morgan fingerprint density at radius 3 is 2.62 bits per heavy atom. The number of aromatic nitrogens is 4. The lowest BCUT2D eigenvalue weighted by molar-refractivity contribution is 0.100. The van der Waals surface area contributed by atoms with Crippen LogP contribution in [0.25, 0.3) is 16.7 Å². The fourth-order valence-corrected chi connectivity index (χ4v) is 3.17. The number of amides is 1. The van der Waals surface area contributed by atoms with E-state index in [1.165, 1.54) is 41.2 Å². The van der Waals surface area contributed by atoms with Crippen LogP contribution < -0.4 is 22.4 Å². The Morgan fingerprint density at radius 1 is 1.07 bits per heavy atom. The fraction of sp³-hybridized carbons (Fsp3) is 0.0500. The standard InChI is InChI=1S/C20H15N5O4/c21-17(27)14-4-1-2-6-16(14)25-18-15(5-3-8-23-18)19(28)24(20(25)29)11-12-10-13(26)7-9-22-12/h1-10H,11H2,(H2,21,27)(H,22,26). The Bertz CT molecular complexity index is 1430. The van der Waals surface area contributed by atoms with Crippen LogP contribution in [0.1, 0.15) is 16.1 Å². The smallest absolute Gasteiger partial charge is 0.337 e. The molecule has 1 amide bonds. The molecule has 0 radical (unpaired) electrons. The quantitative estimate of drug-likeness (QED) is 0.521. The van der Waals surface area contributed by atoms with Crippen molar-refractivity contribution in [3.63, 3.8) is 0 Å². The number of aromatic amines is 1. The highest BCUT2D eigenvalue weighted by atomic mass is 16.2. The summed E-state index contributed by atoms with van der Waals surface area (Å²) < 4.78 is 2.16. The normalized spacial score (nSPS) is 10.9. The number of benzene rings is 1. The third-order valence-electron chi connectivity index (χ3n) is 4.47. The van der Waals surface area contributed by atoms with Crippen molar-refractivity contribution in [2.45, 2.75) is 6.54 Å². The van der Waals surface area contributed by atoms with Crippen LogP contribution in [0.5, 0.6) is 0 Å². The molecule has 3 heterocycles. The predicted molar refractivity (Wildman–Crippen MR) is 106 cm³/mol. The van der Waals surface area contributed by atoms with E-state index >= 15 is 0 Å².